The summed E-state index contributed by atoms with van der Waals surface area (Å²) in [6.45, 7) is 2.86. The van der Waals surface area contributed by atoms with E-state index in [9.17, 15) is 9.18 Å². The van der Waals surface area contributed by atoms with Gasteiger partial charge in [0.15, 0.2) is 0 Å². The van der Waals surface area contributed by atoms with Crippen molar-refractivity contribution >= 4 is 17.4 Å². The number of benzene rings is 1. The van der Waals surface area contributed by atoms with Crippen LogP contribution in [-0.2, 0) is 12.8 Å². The Labute approximate surface area is 140 Å². The number of hydrogen-bond donors (Lipinski definition) is 2. The van der Waals surface area contributed by atoms with Crippen LogP contribution >= 0.6 is 0 Å². The second-order valence-electron chi connectivity index (χ2n) is 6.91. The molecule has 1 aliphatic carbocycles. The van der Waals surface area contributed by atoms with E-state index in [2.05, 4.69) is 17.3 Å². The van der Waals surface area contributed by atoms with Crippen molar-refractivity contribution in [2.24, 2.45) is 5.92 Å². The Kier molecular flexibility index (Phi) is 3.55. The van der Waals surface area contributed by atoms with Gasteiger partial charge < -0.3 is 11.1 Å². The van der Waals surface area contributed by atoms with Crippen molar-refractivity contribution in [3.63, 3.8) is 0 Å². The summed E-state index contributed by atoms with van der Waals surface area (Å²) in [5.41, 5.74) is 9.68. The standard InChI is InChI=1S/C18H21FN4O/c1-10-2-4-16-14(8-10)17(20)23(22-16)18(24)12-6-7-21-15-5-3-11(19)9-13(12)15/h3,5,9-10,12,21H,2,4,6-8,20H2,1H3. The highest BCUT2D eigenvalue weighted by Crippen LogP contribution is 2.35. The number of nitrogens with one attached hydrogen (secondary N) is 1. The molecule has 2 unspecified atom stereocenters. The second-order valence-corrected chi connectivity index (χ2v) is 6.91. The van der Waals surface area contributed by atoms with Crippen LogP contribution in [0.2, 0.25) is 0 Å². The van der Waals surface area contributed by atoms with Crippen molar-refractivity contribution in [1.29, 1.82) is 0 Å². The summed E-state index contributed by atoms with van der Waals surface area (Å²) in [6, 6.07) is 4.52. The molecule has 5 nitrogen and oxygen atoms in total. The van der Waals surface area contributed by atoms with Crippen LogP contribution in [0, 0.1) is 11.7 Å². The molecule has 2 aliphatic rings. The largest absolute Gasteiger partial charge is 0.385 e. The fraction of sp³-hybridized carbons (Fsp3) is 0.444. The van der Waals surface area contributed by atoms with Gasteiger partial charge in [-0.15, -0.1) is 0 Å². The Bertz CT molecular complexity index is 814. The Balaban J connectivity index is 1.72. The molecule has 1 aliphatic heterocycles. The number of nitrogens with zero attached hydrogens (tertiary/aromatic N) is 2. The number of aromatic nitrogens is 2. The summed E-state index contributed by atoms with van der Waals surface area (Å²) in [7, 11) is 0. The molecule has 126 valence electrons. The van der Waals surface area contributed by atoms with Crippen molar-refractivity contribution in [2.45, 2.75) is 38.5 Å². The molecule has 0 fully saturated rings. The number of fused-ring (bicyclic) bond motifs is 2. The summed E-state index contributed by atoms with van der Waals surface area (Å²) >= 11 is 0. The number of hydrogen-bond acceptors (Lipinski definition) is 4. The molecule has 0 saturated heterocycles. The Morgan fingerprint density at radius 3 is 3.08 bits per heavy atom. The molecule has 6 heteroatoms. The Hall–Kier alpha value is -2.37. The number of nitrogen functional groups attached to an aromatic ring is 1. The first-order chi connectivity index (χ1) is 11.5. The van der Waals surface area contributed by atoms with Crippen LogP contribution in [0.5, 0.6) is 0 Å². The lowest BCUT2D eigenvalue weighted by molar-refractivity contribution is 0.0859. The van der Waals surface area contributed by atoms with Gasteiger partial charge in [0.05, 0.1) is 11.6 Å². The summed E-state index contributed by atoms with van der Waals surface area (Å²) in [5.74, 6) is 0.0945. The van der Waals surface area contributed by atoms with Gasteiger partial charge in [-0.1, -0.05) is 6.92 Å². The van der Waals surface area contributed by atoms with Gasteiger partial charge in [0.25, 0.3) is 5.91 Å². The number of nitrogens with two attached hydrogens (primary N) is 1. The third-order valence-electron chi connectivity index (χ3n) is 5.18. The van der Waals surface area contributed by atoms with E-state index in [1.807, 2.05) is 0 Å². The van der Waals surface area contributed by atoms with E-state index in [1.54, 1.807) is 6.07 Å². The molecule has 0 bridgehead atoms. The van der Waals surface area contributed by atoms with Gasteiger partial charge in [-0.05, 0) is 55.4 Å². The predicted octanol–water partition coefficient (Wildman–Crippen LogP) is 2.97. The number of aryl methyl sites for hydroxylation is 1. The van der Waals surface area contributed by atoms with Crippen molar-refractivity contribution in [2.75, 3.05) is 17.6 Å². The molecular weight excluding hydrogens is 307 g/mol. The number of halogens is 1. The first-order valence-electron chi connectivity index (χ1n) is 8.48. The quantitative estimate of drug-likeness (QED) is 0.844. The highest BCUT2D eigenvalue weighted by molar-refractivity contribution is 5.90. The third-order valence-corrected chi connectivity index (χ3v) is 5.18. The van der Waals surface area contributed by atoms with Crippen molar-refractivity contribution in [3.05, 3.63) is 40.8 Å². The zero-order chi connectivity index (χ0) is 16.8. The van der Waals surface area contributed by atoms with E-state index in [4.69, 9.17) is 5.73 Å². The van der Waals surface area contributed by atoms with Gasteiger partial charge in [0.1, 0.15) is 11.6 Å². The zero-order valence-electron chi connectivity index (χ0n) is 13.7. The molecular formula is C18H21FN4O. The lowest BCUT2D eigenvalue weighted by Crippen LogP contribution is -2.28. The van der Waals surface area contributed by atoms with Crippen LogP contribution in [0.15, 0.2) is 18.2 Å². The fourth-order valence-corrected chi connectivity index (χ4v) is 3.83. The lowest BCUT2D eigenvalue weighted by Gasteiger charge is -2.25. The van der Waals surface area contributed by atoms with E-state index in [1.165, 1.54) is 16.8 Å². The molecule has 2 atom stereocenters. The fourth-order valence-electron chi connectivity index (χ4n) is 3.83. The van der Waals surface area contributed by atoms with E-state index < -0.39 is 5.92 Å². The van der Waals surface area contributed by atoms with Crippen LogP contribution in [0.3, 0.4) is 0 Å². The maximum atomic E-state index is 13.7. The molecule has 1 aromatic carbocycles. The number of carbonyl (C=O) groups is 1. The third kappa shape index (κ3) is 2.37. The minimum absolute atomic E-state index is 0.164. The summed E-state index contributed by atoms with van der Waals surface area (Å²) < 4.78 is 15.0. The SMILES string of the molecule is CC1CCc2nn(C(=O)C3CCNc4ccc(F)cc43)c(N)c2C1. The van der Waals surface area contributed by atoms with Gasteiger partial charge >= 0.3 is 0 Å². The maximum absolute atomic E-state index is 13.7. The second kappa shape index (κ2) is 5.61. The molecule has 0 radical (unpaired) electrons. The van der Waals surface area contributed by atoms with Crippen LogP contribution in [0.1, 0.15) is 47.3 Å². The van der Waals surface area contributed by atoms with Gasteiger partial charge in [0.2, 0.25) is 0 Å². The highest BCUT2D eigenvalue weighted by Gasteiger charge is 2.32. The monoisotopic (exact) mass is 328 g/mol. The van der Waals surface area contributed by atoms with E-state index >= 15 is 0 Å². The molecule has 2 heterocycles. The molecule has 24 heavy (non-hydrogen) atoms. The van der Waals surface area contributed by atoms with Crippen LogP contribution < -0.4 is 11.1 Å². The number of rotatable bonds is 1. The smallest absolute Gasteiger partial charge is 0.256 e. The van der Waals surface area contributed by atoms with E-state index in [0.717, 1.165) is 36.2 Å². The van der Waals surface area contributed by atoms with Crippen molar-refractivity contribution in [1.82, 2.24) is 9.78 Å². The van der Waals surface area contributed by atoms with Gasteiger partial charge in [0, 0.05) is 17.8 Å². The van der Waals surface area contributed by atoms with Crippen LogP contribution in [-0.4, -0.2) is 22.2 Å². The van der Waals surface area contributed by atoms with Crippen molar-refractivity contribution in [3.8, 4) is 0 Å². The average Bonchev–Trinajstić information content (AvgIpc) is 2.90. The molecule has 0 amide bonds. The predicted molar refractivity (Wildman–Crippen MR) is 90.7 cm³/mol. The summed E-state index contributed by atoms with van der Waals surface area (Å²) in [5, 5.41) is 7.70. The maximum Gasteiger partial charge on any atom is 0.256 e. The van der Waals surface area contributed by atoms with Crippen LogP contribution in [0.4, 0.5) is 15.9 Å². The zero-order valence-corrected chi connectivity index (χ0v) is 13.7. The van der Waals surface area contributed by atoms with Gasteiger partial charge in [-0.3, -0.25) is 4.79 Å². The average molecular weight is 328 g/mol. The molecule has 0 saturated carbocycles. The van der Waals surface area contributed by atoms with Crippen molar-refractivity contribution < 1.29 is 9.18 Å². The Morgan fingerprint density at radius 1 is 1.42 bits per heavy atom. The number of carbonyl (C=O) groups excluding carboxylic acids is 1. The lowest BCUT2D eigenvalue weighted by atomic mass is 9.88. The highest BCUT2D eigenvalue weighted by atomic mass is 19.1. The van der Waals surface area contributed by atoms with E-state index in [-0.39, 0.29) is 11.7 Å². The molecule has 0 spiro atoms. The minimum atomic E-state index is -0.418. The van der Waals surface area contributed by atoms with Gasteiger partial charge in [-0.25, -0.2) is 4.39 Å². The first-order valence-corrected chi connectivity index (χ1v) is 8.48. The van der Waals surface area contributed by atoms with Gasteiger partial charge in [-0.2, -0.15) is 9.78 Å². The molecule has 4 rings (SSSR count). The summed E-state index contributed by atoms with van der Waals surface area (Å²) in [6.07, 6.45) is 3.40. The summed E-state index contributed by atoms with van der Waals surface area (Å²) in [4.78, 5) is 13.1. The minimum Gasteiger partial charge on any atom is -0.385 e. The normalized spacial score (nSPS) is 22.4. The molecule has 3 N–H and O–H groups in total. The molecule has 2 aromatic rings. The topological polar surface area (TPSA) is 72.9 Å². The van der Waals surface area contributed by atoms with E-state index in [0.29, 0.717) is 30.3 Å². The Morgan fingerprint density at radius 2 is 2.25 bits per heavy atom. The molecule has 1 aromatic heterocycles. The van der Waals surface area contributed by atoms with Crippen LogP contribution in [0.25, 0.3) is 0 Å². The first kappa shape index (κ1) is 15.2. The number of anilines is 2.